The van der Waals surface area contributed by atoms with Gasteiger partial charge in [-0.3, -0.25) is 5.32 Å². The summed E-state index contributed by atoms with van der Waals surface area (Å²) < 4.78 is 0. The van der Waals surface area contributed by atoms with Gasteiger partial charge in [-0.05, 0) is 24.0 Å². The second kappa shape index (κ2) is 7.36. The molecule has 1 saturated heterocycles. The summed E-state index contributed by atoms with van der Waals surface area (Å²) >= 11 is 0. The van der Waals surface area contributed by atoms with Gasteiger partial charge in [-0.15, -0.1) is 0 Å². The number of nitrogens with zero attached hydrogens (tertiary/aromatic N) is 1. The lowest BCUT2D eigenvalue weighted by Crippen LogP contribution is -2.48. The van der Waals surface area contributed by atoms with Gasteiger partial charge in [-0.25, -0.2) is 10.4 Å². The predicted octanol–water partition coefficient (Wildman–Crippen LogP) is 2.90. The van der Waals surface area contributed by atoms with Crippen LogP contribution in [0, 0.1) is 0 Å². The number of rotatable bonds is 6. The van der Waals surface area contributed by atoms with E-state index in [4.69, 9.17) is 0 Å². The zero-order valence-corrected chi connectivity index (χ0v) is 12.3. The van der Waals surface area contributed by atoms with Gasteiger partial charge in [0.05, 0.1) is 6.17 Å². The Balaban J connectivity index is 1.49. The van der Waals surface area contributed by atoms with Crippen molar-refractivity contribution in [3.63, 3.8) is 0 Å². The van der Waals surface area contributed by atoms with Crippen molar-refractivity contribution in [2.24, 2.45) is 0 Å². The average Bonchev–Trinajstić information content (AvgIpc) is 3.00. The summed E-state index contributed by atoms with van der Waals surface area (Å²) in [4.78, 5) is 0. The molecule has 2 N–H and O–H groups in total. The molecule has 110 valence electrons. The molecule has 0 bridgehead atoms. The smallest absolute Gasteiger partial charge is 0.0736 e. The van der Waals surface area contributed by atoms with Gasteiger partial charge in [0.2, 0.25) is 0 Å². The van der Waals surface area contributed by atoms with E-state index in [-0.39, 0.29) is 0 Å². The first kappa shape index (κ1) is 14.3. The summed E-state index contributed by atoms with van der Waals surface area (Å²) in [6.45, 7) is 2.93. The Morgan fingerprint density at radius 3 is 2.14 bits per heavy atom. The molecule has 3 rings (SSSR count). The Kier molecular flexibility index (Phi) is 5.00. The fraction of sp³-hybridized carbons (Fsp3) is 0.333. The third kappa shape index (κ3) is 4.14. The normalized spacial score (nSPS) is 19.0. The number of hydrogen-bond donors (Lipinski definition) is 2. The summed E-state index contributed by atoms with van der Waals surface area (Å²) in [5.74, 6) is 0. The average molecular weight is 281 g/mol. The van der Waals surface area contributed by atoms with Crippen LogP contribution in [-0.4, -0.2) is 17.7 Å². The van der Waals surface area contributed by atoms with E-state index in [9.17, 15) is 0 Å². The number of hydrazine groups is 1. The van der Waals surface area contributed by atoms with Crippen molar-refractivity contribution in [3.05, 3.63) is 71.8 Å². The van der Waals surface area contributed by atoms with Crippen molar-refractivity contribution in [3.8, 4) is 0 Å². The van der Waals surface area contributed by atoms with Crippen LogP contribution >= 0.6 is 0 Å². The van der Waals surface area contributed by atoms with Crippen molar-refractivity contribution in [1.29, 1.82) is 0 Å². The lowest BCUT2D eigenvalue weighted by molar-refractivity contribution is 0.140. The fourth-order valence-electron chi connectivity index (χ4n) is 2.79. The molecule has 0 amide bonds. The lowest BCUT2D eigenvalue weighted by Gasteiger charge is -2.26. The van der Waals surface area contributed by atoms with E-state index >= 15 is 0 Å². The Morgan fingerprint density at radius 2 is 1.48 bits per heavy atom. The summed E-state index contributed by atoms with van der Waals surface area (Å²) in [5, 5.41) is 5.99. The minimum absolute atomic E-state index is 0.425. The molecule has 0 radical (unpaired) electrons. The van der Waals surface area contributed by atoms with Crippen LogP contribution < -0.4 is 10.7 Å². The maximum atomic E-state index is 3.65. The van der Waals surface area contributed by atoms with Crippen LogP contribution in [0.1, 0.15) is 24.0 Å². The zero-order valence-electron chi connectivity index (χ0n) is 12.3. The highest BCUT2D eigenvalue weighted by Gasteiger charge is 2.23. The summed E-state index contributed by atoms with van der Waals surface area (Å²) in [6.07, 6.45) is 2.87. The summed E-state index contributed by atoms with van der Waals surface area (Å²) in [6, 6.07) is 21.2. The molecule has 1 atom stereocenters. The summed E-state index contributed by atoms with van der Waals surface area (Å²) in [7, 11) is 0. The van der Waals surface area contributed by atoms with Crippen molar-refractivity contribution >= 4 is 0 Å². The number of hydrogen-bond acceptors (Lipinski definition) is 3. The molecule has 3 nitrogen and oxygen atoms in total. The van der Waals surface area contributed by atoms with E-state index < -0.39 is 0 Å². The Morgan fingerprint density at radius 1 is 0.857 bits per heavy atom. The summed E-state index contributed by atoms with van der Waals surface area (Å²) in [5.41, 5.74) is 6.22. The largest absolute Gasteiger partial charge is 0.297 e. The minimum atomic E-state index is 0.425. The molecule has 3 heteroatoms. The van der Waals surface area contributed by atoms with E-state index in [0.29, 0.717) is 6.17 Å². The Labute approximate surface area is 127 Å². The van der Waals surface area contributed by atoms with Gasteiger partial charge < -0.3 is 0 Å². The molecular formula is C18H23N3. The van der Waals surface area contributed by atoms with Gasteiger partial charge in [0.1, 0.15) is 0 Å². The van der Waals surface area contributed by atoms with Crippen molar-refractivity contribution in [2.75, 3.05) is 6.54 Å². The van der Waals surface area contributed by atoms with Gasteiger partial charge in [0.25, 0.3) is 0 Å². The molecule has 0 saturated carbocycles. The first-order valence-electron chi connectivity index (χ1n) is 7.73. The van der Waals surface area contributed by atoms with Crippen molar-refractivity contribution in [1.82, 2.24) is 15.8 Å². The highest BCUT2D eigenvalue weighted by atomic mass is 15.6. The standard InChI is InChI=1S/C18H23N3/c1-3-8-16(9-4-1)14-19-18-12-7-13-21(18)20-15-17-10-5-2-6-11-17/h1-6,8-11,18-20H,7,12-15H2. The Bertz CT molecular complexity index is 477. The SMILES string of the molecule is c1ccc(CNC2CCCN2NCc2ccccc2)cc1. The van der Waals surface area contributed by atoms with Crippen LogP contribution in [0.25, 0.3) is 0 Å². The molecule has 2 aromatic carbocycles. The van der Waals surface area contributed by atoms with E-state index in [1.807, 2.05) is 0 Å². The zero-order chi connectivity index (χ0) is 14.3. The van der Waals surface area contributed by atoms with Gasteiger partial charge in [-0.2, -0.15) is 0 Å². The van der Waals surface area contributed by atoms with Crippen molar-refractivity contribution in [2.45, 2.75) is 32.1 Å². The maximum Gasteiger partial charge on any atom is 0.0736 e. The van der Waals surface area contributed by atoms with Crippen LogP contribution in [0.3, 0.4) is 0 Å². The molecule has 1 heterocycles. The topological polar surface area (TPSA) is 27.3 Å². The van der Waals surface area contributed by atoms with Crippen LogP contribution in [-0.2, 0) is 13.1 Å². The van der Waals surface area contributed by atoms with Gasteiger partial charge in [0.15, 0.2) is 0 Å². The molecule has 21 heavy (non-hydrogen) atoms. The highest BCUT2D eigenvalue weighted by Crippen LogP contribution is 2.13. The molecular weight excluding hydrogens is 258 g/mol. The predicted molar refractivity (Wildman–Crippen MR) is 86.3 cm³/mol. The van der Waals surface area contributed by atoms with E-state index in [2.05, 4.69) is 76.4 Å². The molecule has 0 aliphatic carbocycles. The number of nitrogens with one attached hydrogen (secondary N) is 2. The van der Waals surface area contributed by atoms with Crippen LogP contribution in [0.4, 0.5) is 0 Å². The Hall–Kier alpha value is -1.68. The lowest BCUT2D eigenvalue weighted by atomic mass is 10.2. The van der Waals surface area contributed by atoms with Crippen molar-refractivity contribution < 1.29 is 0 Å². The molecule has 1 fully saturated rings. The molecule has 2 aromatic rings. The molecule has 0 aromatic heterocycles. The second-order valence-electron chi connectivity index (χ2n) is 5.54. The quantitative estimate of drug-likeness (QED) is 0.852. The third-order valence-corrected chi connectivity index (χ3v) is 3.97. The first-order chi connectivity index (χ1) is 10.4. The second-order valence-corrected chi connectivity index (χ2v) is 5.54. The van der Waals surface area contributed by atoms with E-state index in [0.717, 1.165) is 19.6 Å². The van der Waals surface area contributed by atoms with E-state index in [1.54, 1.807) is 0 Å². The van der Waals surface area contributed by atoms with Gasteiger partial charge >= 0.3 is 0 Å². The third-order valence-electron chi connectivity index (χ3n) is 3.97. The fourth-order valence-corrected chi connectivity index (χ4v) is 2.79. The van der Waals surface area contributed by atoms with Gasteiger partial charge in [0, 0.05) is 19.6 Å². The molecule has 1 unspecified atom stereocenters. The maximum absolute atomic E-state index is 3.65. The van der Waals surface area contributed by atoms with Gasteiger partial charge in [-0.1, -0.05) is 60.7 Å². The highest BCUT2D eigenvalue weighted by molar-refractivity contribution is 5.15. The molecule has 0 spiro atoms. The molecule has 1 aliphatic rings. The van der Waals surface area contributed by atoms with Crippen LogP contribution in [0.15, 0.2) is 60.7 Å². The minimum Gasteiger partial charge on any atom is -0.297 e. The van der Waals surface area contributed by atoms with E-state index in [1.165, 1.54) is 24.0 Å². The van der Waals surface area contributed by atoms with Crippen LogP contribution in [0.5, 0.6) is 0 Å². The van der Waals surface area contributed by atoms with Crippen LogP contribution in [0.2, 0.25) is 0 Å². The number of benzene rings is 2. The monoisotopic (exact) mass is 281 g/mol. The first-order valence-corrected chi connectivity index (χ1v) is 7.73. The molecule has 1 aliphatic heterocycles.